The van der Waals surface area contributed by atoms with Crippen molar-refractivity contribution in [2.75, 3.05) is 13.7 Å². The highest BCUT2D eigenvalue weighted by Crippen LogP contribution is 2.24. The van der Waals surface area contributed by atoms with Gasteiger partial charge in [-0.15, -0.1) is 0 Å². The van der Waals surface area contributed by atoms with Crippen LogP contribution in [0.2, 0.25) is 5.02 Å². The Morgan fingerprint density at radius 2 is 1.83 bits per heavy atom. The van der Waals surface area contributed by atoms with E-state index in [0.717, 1.165) is 16.7 Å². The molecule has 30 heavy (non-hydrogen) atoms. The van der Waals surface area contributed by atoms with E-state index in [2.05, 4.69) is 5.32 Å². The summed E-state index contributed by atoms with van der Waals surface area (Å²) >= 11 is 5.94. The zero-order valence-electron chi connectivity index (χ0n) is 17.1. The van der Waals surface area contributed by atoms with Gasteiger partial charge in [0.2, 0.25) is 11.8 Å². The zero-order chi connectivity index (χ0) is 21.7. The van der Waals surface area contributed by atoms with Crippen LogP contribution >= 0.6 is 11.6 Å². The van der Waals surface area contributed by atoms with Crippen molar-refractivity contribution in [2.24, 2.45) is 5.92 Å². The number of carbonyl (C=O) groups excluding carboxylic acids is 3. The summed E-state index contributed by atoms with van der Waals surface area (Å²) in [5.74, 6) is -1.19. The molecule has 7 heteroatoms. The molecule has 0 bridgehead atoms. The van der Waals surface area contributed by atoms with Gasteiger partial charge in [0.05, 0.1) is 25.5 Å². The lowest BCUT2D eigenvalue weighted by Gasteiger charge is -2.21. The number of carbonyl (C=O) groups is 3. The van der Waals surface area contributed by atoms with Gasteiger partial charge in [0.25, 0.3) is 0 Å². The van der Waals surface area contributed by atoms with Gasteiger partial charge in [-0.1, -0.05) is 53.6 Å². The van der Waals surface area contributed by atoms with Crippen LogP contribution in [0.5, 0.6) is 0 Å². The monoisotopic (exact) mass is 428 g/mol. The third kappa shape index (κ3) is 5.60. The van der Waals surface area contributed by atoms with Gasteiger partial charge in [-0.2, -0.15) is 0 Å². The Labute approximate surface area is 181 Å². The number of nitrogens with one attached hydrogen (secondary N) is 1. The van der Waals surface area contributed by atoms with E-state index in [1.54, 1.807) is 29.2 Å². The van der Waals surface area contributed by atoms with E-state index < -0.39 is 17.9 Å². The molecule has 0 aliphatic carbocycles. The van der Waals surface area contributed by atoms with Crippen LogP contribution in [0.25, 0.3) is 0 Å². The highest BCUT2D eigenvalue weighted by atomic mass is 35.5. The molecule has 1 heterocycles. The number of methoxy groups -OCH3 is 1. The fourth-order valence-electron chi connectivity index (χ4n) is 3.50. The number of rotatable bonds is 7. The number of benzene rings is 2. The normalized spacial score (nSPS) is 17.0. The summed E-state index contributed by atoms with van der Waals surface area (Å²) in [6, 6.07) is 14.4. The number of amides is 2. The molecule has 2 atom stereocenters. The Bertz CT molecular complexity index is 912. The van der Waals surface area contributed by atoms with Gasteiger partial charge >= 0.3 is 5.97 Å². The van der Waals surface area contributed by atoms with Crippen molar-refractivity contribution in [1.29, 1.82) is 0 Å². The van der Waals surface area contributed by atoms with Crippen molar-refractivity contribution in [3.8, 4) is 0 Å². The summed E-state index contributed by atoms with van der Waals surface area (Å²) in [6.07, 6.45) is 0.154. The van der Waals surface area contributed by atoms with Gasteiger partial charge in [-0.3, -0.25) is 14.4 Å². The average molecular weight is 429 g/mol. The van der Waals surface area contributed by atoms with Crippen molar-refractivity contribution >= 4 is 29.4 Å². The molecule has 1 aliphatic rings. The second-order valence-electron chi connectivity index (χ2n) is 7.55. The van der Waals surface area contributed by atoms with Crippen molar-refractivity contribution in [3.05, 3.63) is 70.2 Å². The minimum Gasteiger partial charge on any atom is -0.469 e. The molecule has 2 amide bonds. The van der Waals surface area contributed by atoms with Gasteiger partial charge in [0, 0.05) is 24.5 Å². The van der Waals surface area contributed by atoms with E-state index in [0.29, 0.717) is 18.1 Å². The number of ether oxygens (including phenoxy) is 1. The van der Waals surface area contributed by atoms with Crippen LogP contribution in [0, 0.1) is 12.8 Å². The van der Waals surface area contributed by atoms with Crippen LogP contribution in [0.3, 0.4) is 0 Å². The maximum Gasteiger partial charge on any atom is 0.307 e. The molecule has 1 aliphatic heterocycles. The first-order valence-corrected chi connectivity index (χ1v) is 10.2. The van der Waals surface area contributed by atoms with E-state index in [4.69, 9.17) is 16.3 Å². The summed E-state index contributed by atoms with van der Waals surface area (Å²) in [5.41, 5.74) is 2.93. The van der Waals surface area contributed by atoms with Crippen molar-refractivity contribution in [1.82, 2.24) is 10.2 Å². The molecule has 1 saturated heterocycles. The van der Waals surface area contributed by atoms with Crippen LogP contribution in [0.4, 0.5) is 0 Å². The zero-order valence-corrected chi connectivity index (χ0v) is 17.8. The van der Waals surface area contributed by atoms with Crippen LogP contribution < -0.4 is 5.32 Å². The third-order valence-electron chi connectivity index (χ3n) is 5.27. The number of esters is 1. The first kappa shape index (κ1) is 21.8. The number of likely N-dealkylation sites (tertiary alicyclic amines) is 1. The molecule has 0 aromatic heterocycles. The molecule has 1 fully saturated rings. The van der Waals surface area contributed by atoms with Crippen LogP contribution in [0.15, 0.2) is 48.5 Å². The molecule has 0 spiro atoms. The van der Waals surface area contributed by atoms with E-state index in [9.17, 15) is 14.4 Å². The first-order valence-electron chi connectivity index (χ1n) is 9.81. The minimum absolute atomic E-state index is 0.00236. The Hall–Kier alpha value is -2.86. The molecular formula is C23H25ClN2O4. The molecular weight excluding hydrogens is 404 g/mol. The van der Waals surface area contributed by atoms with Crippen molar-refractivity contribution in [3.63, 3.8) is 0 Å². The fraction of sp³-hybridized carbons (Fsp3) is 0.348. The predicted octanol–water partition coefficient (Wildman–Crippen LogP) is 3.42. The number of hydrogen-bond acceptors (Lipinski definition) is 4. The number of nitrogens with zero attached hydrogens (tertiary/aromatic N) is 1. The summed E-state index contributed by atoms with van der Waals surface area (Å²) in [5, 5.41) is 3.48. The maximum atomic E-state index is 12.9. The molecule has 158 valence electrons. The Kier molecular flexibility index (Phi) is 7.11. The van der Waals surface area contributed by atoms with E-state index in [1.165, 1.54) is 7.11 Å². The SMILES string of the molecule is COC(=O)CC(NC(=O)C1CC(=O)N(Cc2ccc(C)cc2)C1)c1ccc(Cl)cc1. The Morgan fingerprint density at radius 1 is 1.17 bits per heavy atom. The van der Waals surface area contributed by atoms with E-state index in [-0.39, 0.29) is 24.7 Å². The van der Waals surface area contributed by atoms with Gasteiger partial charge in [0.1, 0.15) is 0 Å². The maximum absolute atomic E-state index is 12.9. The van der Waals surface area contributed by atoms with Gasteiger partial charge < -0.3 is 15.0 Å². The lowest BCUT2D eigenvalue weighted by atomic mass is 10.0. The van der Waals surface area contributed by atoms with Crippen LogP contribution in [-0.4, -0.2) is 36.3 Å². The molecule has 1 N–H and O–H groups in total. The van der Waals surface area contributed by atoms with Crippen LogP contribution in [-0.2, 0) is 25.7 Å². The summed E-state index contributed by atoms with van der Waals surface area (Å²) in [7, 11) is 1.31. The standard InChI is InChI=1S/C23H25ClN2O4/c1-15-3-5-16(6-4-15)13-26-14-18(11-21(26)27)23(29)25-20(12-22(28)30-2)17-7-9-19(24)10-8-17/h3-10,18,20H,11-14H2,1-2H3,(H,25,29). The third-order valence-corrected chi connectivity index (χ3v) is 5.52. The van der Waals surface area contributed by atoms with Crippen LogP contribution in [0.1, 0.15) is 35.6 Å². The molecule has 2 unspecified atom stereocenters. The smallest absolute Gasteiger partial charge is 0.307 e. The van der Waals surface area contributed by atoms with Crippen molar-refractivity contribution < 1.29 is 19.1 Å². The second-order valence-corrected chi connectivity index (χ2v) is 7.99. The van der Waals surface area contributed by atoms with Gasteiger partial charge in [-0.05, 0) is 30.2 Å². The molecule has 3 rings (SSSR count). The highest BCUT2D eigenvalue weighted by Gasteiger charge is 2.35. The fourth-order valence-corrected chi connectivity index (χ4v) is 3.63. The second kappa shape index (κ2) is 9.76. The minimum atomic E-state index is -0.552. The number of halogens is 1. The first-order chi connectivity index (χ1) is 14.4. The van der Waals surface area contributed by atoms with Gasteiger partial charge in [0.15, 0.2) is 0 Å². The number of aryl methyl sites for hydroxylation is 1. The van der Waals surface area contributed by atoms with E-state index >= 15 is 0 Å². The lowest BCUT2D eigenvalue weighted by Crippen LogP contribution is -2.36. The molecule has 2 aromatic carbocycles. The number of hydrogen-bond donors (Lipinski definition) is 1. The topological polar surface area (TPSA) is 75.7 Å². The predicted molar refractivity (Wildman–Crippen MR) is 114 cm³/mol. The van der Waals surface area contributed by atoms with Crippen molar-refractivity contribution in [2.45, 2.75) is 32.4 Å². The Balaban J connectivity index is 1.66. The summed E-state index contributed by atoms with van der Waals surface area (Å²) in [6.45, 7) is 2.84. The largest absolute Gasteiger partial charge is 0.469 e. The average Bonchev–Trinajstić information content (AvgIpc) is 3.10. The van der Waals surface area contributed by atoms with E-state index in [1.807, 2.05) is 31.2 Å². The Morgan fingerprint density at radius 3 is 2.47 bits per heavy atom. The molecule has 6 nitrogen and oxygen atoms in total. The summed E-state index contributed by atoms with van der Waals surface area (Å²) < 4.78 is 4.76. The highest BCUT2D eigenvalue weighted by molar-refractivity contribution is 6.30. The summed E-state index contributed by atoms with van der Waals surface area (Å²) in [4.78, 5) is 38.9. The quantitative estimate of drug-likeness (QED) is 0.685. The van der Waals surface area contributed by atoms with Gasteiger partial charge in [-0.25, -0.2) is 0 Å². The molecule has 0 radical (unpaired) electrons. The molecule has 0 saturated carbocycles. The molecule has 2 aromatic rings. The lowest BCUT2D eigenvalue weighted by molar-refractivity contribution is -0.141.